The molecule has 0 aromatic rings. The molecule has 0 aliphatic carbocycles. The van der Waals surface area contributed by atoms with Gasteiger partial charge < -0.3 is 26.1 Å². The fraction of sp³-hybridized carbons (Fsp3) is 0.786. The van der Waals surface area contributed by atoms with Crippen molar-refractivity contribution in [2.75, 3.05) is 12.3 Å². The van der Waals surface area contributed by atoms with E-state index in [0.717, 1.165) is 25.5 Å². The van der Waals surface area contributed by atoms with E-state index >= 15 is 0 Å². The van der Waals surface area contributed by atoms with Gasteiger partial charge in [-0.15, -0.1) is 0 Å². The number of aldehydes is 1. The molecule has 8 heteroatoms. The van der Waals surface area contributed by atoms with Crippen LogP contribution in [0, 0.1) is 0 Å². The van der Waals surface area contributed by atoms with E-state index in [0.29, 0.717) is 6.42 Å². The maximum Gasteiger partial charge on any atom is 0.327 e. The molecule has 0 spiro atoms. The van der Waals surface area contributed by atoms with Crippen LogP contribution < -0.4 is 11.1 Å². The van der Waals surface area contributed by atoms with Gasteiger partial charge in [-0.3, -0.25) is 4.79 Å². The number of hydrogen-bond acceptors (Lipinski definition) is 6. The number of rotatable bonds is 13. The lowest BCUT2D eigenvalue weighted by atomic mass is 10.1. The molecule has 0 aliphatic rings. The zero-order chi connectivity index (χ0) is 17.0. The molecule has 22 heavy (non-hydrogen) atoms. The van der Waals surface area contributed by atoms with Crippen LogP contribution in [0.2, 0.25) is 0 Å². The van der Waals surface area contributed by atoms with Gasteiger partial charge in [0.1, 0.15) is 12.3 Å². The van der Waals surface area contributed by atoms with Crippen LogP contribution in [-0.4, -0.2) is 58.1 Å². The maximum absolute atomic E-state index is 11.2. The topological polar surface area (TPSA) is 130 Å². The van der Waals surface area contributed by atoms with Gasteiger partial charge in [0.25, 0.3) is 0 Å². The van der Waals surface area contributed by atoms with Crippen molar-refractivity contribution < 1.29 is 24.6 Å². The number of amides is 1. The lowest BCUT2D eigenvalue weighted by molar-refractivity contribution is -0.140. The van der Waals surface area contributed by atoms with Crippen LogP contribution in [0.4, 0.5) is 0 Å². The molecule has 0 bridgehead atoms. The smallest absolute Gasteiger partial charge is 0.327 e. The third-order valence-electron chi connectivity index (χ3n) is 3.16. The van der Waals surface area contributed by atoms with Crippen LogP contribution in [0.1, 0.15) is 39.0 Å². The number of nitrogens with two attached hydrogens (primary N) is 1. The Labute approximate surface area is 135 Å². The first-order chi connectivity index (χ1) is 10.5. The highest BCUT2D eigenvalue weighted by molar-refractivity contribution is 8.00. The van der Waals surface area contributed by atoms with Crippen molar-refractivity contribution in [3.05, 3.63) is 0 Å². The van der Waals surface area contributed by atoms with Crippen LogP contribution >= 0.6 is 11.8 Å². The number of nitrogens with one attached hydrogen (secondary N) is 1. The number of carboxylic acids is 1. The number of aliphatic hydroxyl groups excluding tert-OH is 1. The van der Waals surface area contributed by atoms with Gasteiger partial charge >= 0.3 is 5.97 Å². The molecule has 0 aromatic heterocycles. The summed E-state index contributed by atoms with van der Waals surface area (Å²) in [4.78, 5) is 33.0. The van der Waals surface area contributed by atoms with Crippen molar-refractivity contribution in [1.29, 1.82) is 0 Å². The van der Waals surface area contributed by atoms with Gasteiger partial charge in [-0.1, -0.05) is 26.2 Å². The number of hydrogen-bond donors (Lipinski definition) is 4. The number of unbranched alkanes of at least 4 members (excludes halogenated alkanes) is 2. The quantitative estimate of drug-likeness (QED) is 0.278. The molecule has 128 valence electrons. The first-order valence-corrected chi connectivity index (χ1v) is 8.46. The summed E-state index contributed by atoms with van der Waals surface area (Å²) >= 11 is 1.18. The molecule has 1 amide bonds. The van der Waals surface area contributed by atoms with E-state index in [2.05, 4.69) is 12.2 Å². The molecule has 0 heterocycles. The highest BCUT2D eigenvalue weighted by Crippen LogP contribution is 2.22. The maximum atomic E-state index is 11.2. The first kappa shape index (κ1) is 20.9. The third-order valence-corrected chi connectivity index (χ3v) is 4.62. The Balaban J connectivity index is 4.48. The Hall–Kier alpha value is -1.12. The Bertz CT molecular complexity index is 354. The van der Waals surface area contributed by atoms with Crippen LogP contribution in [0.25, 0.3) is 0 Å². The summed E-state index contributed by atoms with van der Waals surface area (Å²) in [5.41, 5.74) is 5.14. The Morgan fingerprint density at radius 3 is 2.55 bits per heavy atom. The monoisotopic (exact) mass is 334 g/mol. The summed E-state index contributed by atoms with van der Waals surface area (Å²) in [5.74, 6) is -1.65. The zero-order valence-corrected chi connectivity index (χ0v) is 13.7. The van der Waals surface area contributed by atoms with Crippen molar-refractivity contribution >= 4 is 29.9 Å². The fourth-order valence-corrected chi connectivity index (χ4v) is 3.11. The van der Waals surface area contributed by atoms with Crippen LogP contribution in [0.3, 0.4) is 0 Å². The Kier molecular flexibility index (Phi) is 11.8. The minimum atomic E-state index is -1.17. The van der Waals surface area contributed by atoms with E-state index in [1.807, 2.05) is 0 Å². The average molecular weight is 334 g/mol. The summed E-state index contributed by atoms with van der Waals surface area (Å²) in [6.07, 6.45) is 3.67. The predicted molar refractivity (Wildman–Crippen MR) is 85.7 cm³/mol. The molecule has 0 radical (unpaired) electrons. The number of carboxylic acid groups (broad SMARTS) is 1. The summed E-state index contributed by atoms with van der Waals surface area (Å²) < 4.78 is 0. The summed E-state index contributed by atoms with van der Waals surface area (Å²) in [6, 6.07) is -1.09. The zero-order valence-electron chi connectivity index (χ0n) is 12.9. The third kappa shape index (κ3) is 9.01. The van der Waals surface area contributed by atoms with Gasteiger partial charge in [0.2, 0.25) is 5.91 Å². The molecule has 0 fully saturated rings. The second kappa shape index (κ2) is 12.4. The summed E-state index contributed by atoms with van der Waals surface area (Å²) in [5, 5.41) is 21.1. The molecular formula is C14H26N2O5S. The molecule has 5 N–H and O–H groups in total. The molecule has 3 atom stereocenters. The van der Waals surface area contributed by atoms with E-state index < -0.39 is 24.0 Å². The SMILES string of the molecule is CCCCCC(O)C(CC=O)SC[C@H](NC(=O)CN)C(=O)O. The fourth-order valence-electron chi connectivity index (χ4n) is 1.87. The van der Waals surface area contributed by atoms with Gasteiger partial charge in [-0.2, -0.15) is 11.8 Å². The normalized spacial score (nSPS) is 14.9. The van der Waals surface area contributed by atoms with E-state index in [1.54, 1.807) is 0 Å². The van der Waals surface area contributed by atoms with Crippen LogP contribution in [0.15, 0.2) is 0 Å². The molecule has 2 unspecified atom stereocenters. The summed E-state index contributed by atoms with van der Waals surface area (Å²) in [6.45, 7) is 1.77. The van der Waals surface area contributed by atoms with Gasteiger partial charge in [0.15, 0.2) is 0 Å². The second-order valence-corrected chi connectivity index (χ2v) is 6.27. The van der Waals surface area contributed by atoms with Crippen molar-refractivity contribution in [2.45, 2.75) is 56.4 Å². The Morgan fingerprint density at radius 2 is 2.05 bits per heavy atom. The van der Waals surface area contributed by atoms with Crippen molar-refractivity contribution in [2.24, 2.45) is 5.73 Å². The predicted octanol–water partition coefficient (Wildman–Crippen LogP) is 0.147. The lowest BCUT2D eigenvalue weighted by Gasteiger charge is -2.22. The number of thioether (sulfide) groups is 1. The minimum absolute atomic E-state index is 0.0738. The lowest BCUT2D eigenvalue weighted by Crippen LogP contribution is -2.45. The van der Waals surface area contributed by atoms with Crippen molar-refractivity contribution in [3.8, 4) is 0 Å². The highest BCUT2D eigenvalue weighted by atomic mass is 32.2. The number of aliphatic hydroxyl groups is 1. The second-order valence-electron chi connectivity index (χ2n) is 5.00. The summed E-state index contributed by atoms with van der Waals surface area (Å²) in [7, 11) is 0. The van der Waals surface area contributed by atoms with Gasteiger partial charge in [-0.25, -0.2) is 4.79 Å². The first-order valence-electron chi connectivity index (χ1n) is 7.41. The molecule has 0 saturated heterocycles. The van der Waals surface area contributed by atoms with Gasteiger partial charge in [0.05, 0.1) is 12.6 Å². The van der Waals surface area contributed by atoms with Crippen molar-refractivity contribution in [3.63, 3.8) is 0 Å². The van der Waals surface area contributed by atoms with Crippen molar-refractivity contribution in [1.82, 2.24) is 5.32 Å². The molecule has 7 nitrogen and oxygen atoms in total. The van der Waals surface area contributed by atoms with E-state index in [9.17, 15) is 19.5 Å². The van der Waals surface area contributed by atoms with E-state index in [4.69, 9.17) is 10.8 Å². The number of carbonyl (C=O) groups excluding carboxylic acids is 2. The number of aliphatic carboxylic acids is 1. The average Bonchev–Trinajstić information content (AvgIpc) is 2.49. The van der Waals surface area contributed by atoms with Gasteiger partial charge in [-0.05, 0) is 6.42 Å². The molecule has 0 saturated carbocycles. The molecule has 0 rings (SSSR count). The van der Waals surface area contributed by atoms with Gasteiger partial charge in [0, 0.05) is 17.4 Å². The minimum Gasteiger partial charge on any atom is -0.480 e. The van der Waals surface area contributed by atoms with E-state index in [-0.39, 0.29) is 24.0 Å². The number of carbonyl (C=O) groups is 3. The molecule has 0 aliphatic heterocycles. The Morgan fingerprint density at radius 1 is 1.36 bits per heavy atom. The molecular weight excluding hydrogens is 308 g/mol. The standard InChI is InChI=1S/C14H26N2O5S/c1-2-3-4-5-11(18)12(6-7-17)22-9-10(14(20)21)16-13(19)8-15/h7,10-12,18H,2-6,8-9,15H2,1H3,(H,16,19)(H,20,21)/t10-,11?,12?/m0/s1. The van der Waals surface area contributed by atoms with Crippen LogP contribution in [-0.2, 0) is 14.4 Å². The molecule has 0 aromatic carbocycles. The van der Waals surface area contributed by atoms with E-state index in [1.165, 1.54) is 11.8 Å². The largest absolute Gasteiger partial charge is 0.480 e. The van der Waals surface area contributed by atoms with Crippen LogP contribution in [0.5, 0.6) is 0 Å². The highest BCUT2D eigenvalue weighted by Gasteiger charge is 2.24.